The van der Waals surface area contributed by atoms with Gasteiger partial charge in [-0.1, -0.05) is 413 Å². The molecule has 0 aromatic heterocycles. The van der Waals surface area contributed by atoms with Crippen LogP contribution in [0.2, 0.25) is 0 Å². The lowest BCUT2D eigenvalue weighted by Gasteiger charge is -2.34. The first kappa shape index (κ1) is 75.2. The Labute approximate surface area is 678 Å². The van der Waals surface area contributed by atoms with Gasteiger partial charge in [-0.3, -0.25) is 0 Å². The third-order valence-corrected chi connectivity index (χ3v) is 37.8. The molecule has 116 heavy (non-hydrogen) atoms. The van der Waals surface area contributed by atoms with E-state index in [0.717, 1.165) is 62.2 Å². The highest BCUT2D eigenvalue weighted by Gasteiger charge is 2.49. The van der Waals surface area contributed by atoms with Gasteiger partial charge in [0.25, 0.3) is 0 Å². The third kappa shape index (κ3) is 14.7. The molecule has 4 nitrogen and oxygen atoms in total. The van der Waals surface area contributed by atoms with Crippen LogP contribution in [0.25, 0.3) is 0 Å². The van der Waals surface area contributed by atoms with Crippen molar-refractivity contribution < 1.29 is 35.3 Å². The Bertz CT molecular complexity index is 5000. The van der Waals surface area contributed by atoms with Gasteiger partial charge in [0.1, 0.15) is 23.0 Å². The van der Waals surface area contributed by atoms with Gasteiger partial charge < -0.3 is 17.7 Å². The van der Waals surface area contributed by atoms with Gasteiger partial charge in [-0.05, 0) is 144 Å². The van der Waals surface area contributed by atoms with Crippen LogP contribution < -0.4 is 79.9 Å². The van der Waals surface area contributed by atoms with E-state index >= 15 is 17.6 Å². The van der Waals surface area contributed by atoms with Gasteiger partial charge in [-0.15, -0.1) is 0 Å². The molecule has 0 saturated heterocycles. The van der Waals surface area contributed by atoms with Crippen molar-refractivity contribution in [1.82, 2.24) is 0 Å². The molecule has 0 fully saturated rings. The second-order valence-electron chi connectivity index (χ2n) is 28.8. The van der Waals surface area contributed by atoms with E-state index in [9.17, 15) is 0 Å². The Hall–Kier alpha value is -13.5. The van der Waals surface area contributed by atoms with Gasteiger partial charge in [0, 0.05) is 11.8 Å². The summed E-state index contributed by atoms with van der Waals surface area (Å²) < 4.78 is 102. The highest BCUT2D eigenvalue weighted by atomic mass is 28.4. The van der Waals surface area contributed by atoms with Crippen molar-refractivity contribution in [3.63, 3.8) is 0 Å². The predicted octanol–water partition coefficient (Wildman–Crippen LogP) is 16.8. The second-order valence-corrected chi connectivity index (χ2v) is 42.0. The van der Waals surface area contributed by atoms with Gasteiger partial charge in [0.05, 0.1) is 0 Å². The molecule has 0 saturated carbocycles. The van der Waals surface area contributed by atoms with E-state index in [1.54, 1.807) is 24.3 Å². The third-order valence-electron chi connectivity index (χ3n) is 22.0. The molecule has 0 bridgehead atoms. The lowest BCUT2D eigenvalue weighted by atomic mass is 9.81. The molecule has 0 radical (unpaired) electrons. The average Bonchev–Trinajstić information content (AvgIpc) is 0.759. The normalized spacial score (nSPS) is 11.8. The fourth-order valence-corrected chi connectivity index (χ4v) is 31.9. The highest BCUT2D eigenvalue weighted by molar-refractivity contribution is 7.09. The number of halogens is 4. The zero-order chi connectivity index (χ0) is 78.7. The van der Waals surface area contributed by atoms with E-state index in [2.05, 4.69) is 0 Å². The summed E-state index contributed by atoms with van der Waals surface area (Å²) in [5.74, 6) is -3.97. The molecule has 0 spiro atoms. The van der Waals surface area contributed by atoms with Crippen molar-refractivity contribution in [2.24, 2.45) is 0 Å². The Morgan fingerprint density at radius 1 is 0.147 bits per heavy atom. The molecular formula is C104H78F4O4Si4. The molecular weight excluding hydrogens is 1500 g/mol. The SMILES string of the molecule is Fc1cc(C(c2ccc(C(c3ccc(O[Si](c4ccccc4)(c4ccccc4)c4ccccc4)c(F)c3)c3ccc(O[Si](c4ccccc4)(c4ccccc4)c4ccccc4)c(F)c3)cc2)c2ccc(O[Si](c3ccccc3)(c3ccccc3)c3ccccc3)c(F)c2)ccc1O[Si](c1ccccc1)(c1ccccc1)c1ccccc1. The summed E-state index contributed by atoms with van der Waals surface area (Å²) in [7, 11) is -14.1. The maximum absolute atomic E-state index is 18.2. The minimum Gasteiger partial charge on any atom is -0.528 e. The molecule has 0 atom stereocenters. The average molecular weight is 1580 g/mol. The molecule has 562 valence electrons. The van der Waals surface area contributed by atoms with Crippen LogP contribution in [0.4, 0.5) is 17.6 Å². The lowest BCUT2D eigenvalue weighted by Crippen LogP contribution is -2.71. The molecule has 12 heteroatoms. The first-order chi connectivity index (χ1) is 57.1. The van der Waals surface area contributed by atoms with E-state index in [1.165, 1.54) is 24.3 Å². The summed E-state index contributed by atoms with van der Waals surface area (Å²) in [5.41, 5.74) is 3.32. The molecule has 17 rings (SSSR count). The molecule has 0 aliphatic heterocycles. The molecule has 0 aliphatic rings. The zero-order valence-corrected chi connectivity index (χ0v) is 67.2. The van der Waals surface area contributed by atoms with Crippen LogP contribution >= 0.6 is 0 Å². The van der Waals surface area contributed by atoms with Crippen LogP contribution in [0.3, 0.4) is 0 Å². The highest BCUT2D eigenvalue weighted by Crippen LogP contribution is 2.41. The summed E-state index contributed by atoms with van der Waals surface area (Å²) in [6.45, 7) is 0. The summed E-state index contributed by atoms with van der Waals surface area (Å²) in [6.07, 6.45) is 0. The van der Waals surface area contributed by atoms with Crippen LogP contribution in [0.5, 0.6) is 23.0 Å². The minimum absolute atomic E-state index is 0.0432. The summed E-state index contributed by atoms with van der Waals surface area (Å²) >= 11 is 0. The smallest absolute Gasteiger partial charge is 0.347 e. The van der Waals surface area contributed by atoms with Crippen molar-refractivity contribution in [3.8, 4) is 23.0 Å². The van der Waals surface area contributed by atoms with Crippen molar-refractivity contribution >= 4 is 95.5 Å². The molecule has 17 aromatic carbocycles. The fraction of sp³-hybridized carbons (Fsp3) is 0.0192. The van der Waals surface area contributed by atoms with E-state index < -0.39 is 68.4 Å². The summed E-state index contributed by atoms with van der Waals surface area (Å²) in [6, 6.07) is 148. The van der Waals surface area contributed by atoms with E-state index in [4.69, 9.17) is 17.7 Å². The largest absolute Gasteiger partial charge is 0.528 e. The molecule has 17 aromatic rings. The maximum atomic E-state index is 18.2. The van der Waals surface area contributed by atoms with Crippen LogP contribution in [0, 0.1) is 23.3 Å². The first-order valence-electron chi connectivity index (χ1n) is 38.8. The van der Waals surface area contributed by atoms with Crippen LogP contribution in [0.1, 0.15) is 45.2 Å². The van der Waals surface area contributed by atoms with E-state index in [1.807, 2.05) is 413 Å². The van der Waals surface area contributed by atoms with Crippen LogP contribution in [0.15, 0.2) is 461 Å². The molecule has 0 unspecified atom stereocenters. The fourth-order valence-electron chi connectivity index (χ4n) is 16.6. The van der Waals surface area contributed by atoms with Crippen molar-refractivity contribution in [2.75, 3.05) is 0 Å². The quantitative estimate of drug-likeness (QED) is 0.0308. The van der Waals surface area contributed by atoms with Gasteiger partial charge in [-0.25, -0.2) is 17.6 Å². The van der Waals surface area contributed by atoms with Crippen LogP contribution in [-0.4, -0.2) is 33.3 Å². The van der Waals surface area contributed by atoms with Crippen LogP contribution in [-0.2, 0) is 0 Å². The molecule has 0 aliphatic carbocycles. The number of hydrogen-bond donors (Lipinski definition) is 0. The van der Waals surface area contributed by atoms with Crippen molar-refractivity contribution in [3.05, 3.63) is 518 Å². The number of hydrogen-bond acceptors (Lipinski definition) is 4. The molecule has 0 amide bonds. The van der Waals surface area contributed by atoms with E-state index in [-0.39, 0.29) is 23.0 Å². The monoisotopic (exact) mass is 1580 g/mol. The summed E-state index contributed by atoms with van der Waals surface area (Å²) in [5, 5.41) is 11.0. The van der Waals surface area contributed by atoms with Gasteiger partial charge >= 0.3 is 33.3 Å². The minimum atomic E-state index is -3.53. The predicted molar refractivity (Wildman–Crippen MR) is 472 cm³/mol. The van der Waals surface area contributed by atoms with Gasteiger partial charge in [0.15, 0.2) is 23.3 Å². The molecule has 0 heterocycles. The van der Waals surface area contributed by atoms with Gasteiger partial charge in [0.2, 0.25) is 0 Å². The topological polar surface area (TPSA) is 36.9 Å². The first-order valence-corrected chi connectivity index (χ1v) is 46.5. The Kier molecular flexibility index (Phi) is 21.8. The Morgan fingerprint density at radius 3 is 0.388 bits per heavy atom. The Morgan fingerprint density at radius 2 is 0.267 bits per heavy atom. The standard InChI is InChI=1S/C104H78F4O4Si4/c105-95-73-79(65-69-99(95)109-113(83-37-13-1-14-38-83,84-39-15-2-16-40-84)85-41-17-3-18-42-85)103(80-66-70-100(96(106)74-80)110-114(86-43-19-4-20-44-86,87-45-21-5-22-46-87)88-47-23-6-24-48-88)77-61-63-78(64-62-77)104(81-67-71-101(97(107)75-81)111-115(89-49-25-7-26-50-89,90-51-27-8-28-52-90)91-53-29-9-30-54-91)82-68-72-102(98(108)76-82)112-116(92-55-31-10-32-56-92,93-57-33-11-34-58-93)94-59-35-12-36-60-94/h1-76,103-104H. The van der Waals surface area contributed by atoms with Gasteiger partial charge in [-0.2, -0.15) is 0 Å². The van der Waals surface area contributed by atoms with Crippen molar-refractivity contribution in [1.29, 1.82) is 0 Å². The molecule has 0 N–H and O–H groups in total. The summed E-state index contributed by atoms with van der Waals surface area (Å²) in [4.78, 5) is 0. The maximum Gasteiger partial charge on any atom is 0.347 e. The number of rotatable bonds is 26. The second kappa shape index (κ2) is 33.7. The lowest BCUT2D eigenvalue weighted by molar-refractivity contribution is 0.504. The van der Waals surface area contributed by atoms with Crippen molar-refractivity contribution in [2.45, 2.75) is 11.8 Å². The number of benzene rings is 17. The zero-order valence-electron chi connectivity index (χ0n) is 63.2. The Balaban J connectivity index is 0.818. The van der Waals surface area contributed by atoms with E-state index in [0.29, 0.717) is 33.4 Å².